The van der Waals surface area contributed by atoms with Gasteiger partial charge in [0.25, 0.3) is 0 Å². The first-order valence-electron chi connectivity index (χ1n) is 8.67. The molecule has 0 N–H and O–H groups in total. The molecule has 0 bridgehead atoms. The number of esters is 1. The highest BCUT2D eigenvalue weighted by atomic mass is 32.2. The average Bonchev–Trinajstić information content (AvgIpc) is 2.71. The van der Waals surface area contributed by atoms with Crippen molar-refractivity contribution in [2.75, 3.05) is 12.9 Å². The van der Waals surface area contributed by atoms with Crippen molar-refractivity contribution in [2.45, 2.75) is 28.6 Å². The lowest BCUT2D eigenvalue weighted by molar-refractivity contribution is -0.0328. The van der Waals surface area contributed by atoms with E-state index in [1.54, 1.807) is 24.3 Å². The minimum atomic E-state index is -4.41. The van der Waals surface area contributed by atoms with Crippen LogP contribution in [0.5, 0.6) is 0 Å². The Bertz CT molecular complexity index is 938. The standard InChI is InChI=1S/C21H18F3NO3S2/c1-20(12-25,13-28-19(27)15-5-7-16(29-2)8-6-15)11-18(26)14-3-9-17(10-4-14)30-21(22,23)24/h3-10H,11,13H2,1-2H3. The van der Waals surface area contributed by atoms with E-state index in [4.69, 9.17) is 4.74 Å². The highest BCUT2D eigenvalue weighted by molar-refractivity contribution is 8.00. The summed E-state index contributed by atoms with van der Waals surface area (Å²) in [5, 5.41) is 9.48. The zero-order valence-corrected chi connectivity index (χ0v) is 17.8. The molecule has 0 radical (unpaired) electrons. The van der Waals surface area contributed by atoms with Gasteiger partial charge in [0.15, 0.2) is 5.78 Å². The number of nitrogens with zero attached hydrogens (tertiary/aromatic N) is 1. The van der Waals surface area contributed by atoms with Gasteiger partial charge in [0.05, 0.1) is 17.0 Å². The van der Waals surface area contributed by atoms with Gasteiger partial charge in [0.1, 0.15) is 6.61 Å². The molecule has 0 aromatic heterocycles. The molecule has 0 aliphatic rings. The number of thioether (sulfide) groups is 2. The maximum atomic E-state index is 12.5. The number of alkyl halides is 3. The lowest BCUT2D eigenvalue weighted by Crippen LogP contribution is -2.27. The Kier molecular flexibility index (Phi) is 7.98. The summed E-state index contributed by atoms with van der Waals surface area (Å²) in [6.07, 6.45) is 1.67. The molecule has 2 rings (SSSR count). The molecule has 0 amide bonds. The molecule has 0 fully saturated rings. The van der Waals surface area contributed by atoms with E-state index in [9.17, 15) is 28.0 Å². The quantitative estimate of drug-likeness (QED) is 0.278. The van der Waals surface area contributed by atoms with Crippen LogP contribution in [0.3, 0.4) is 0 Å². The number of benzene rings is 2. The molecule has 0 saturated carbocycles. The van der Waals surface area contributed by atoms with E-state index in [0.717, 1.165) is 4.90 Å². The largest absolute Gasteiger partial charge is 0.460 e. The van der Waals surface area contributed by atoms with Crippen LogP contribution >= 0.6 is 23.5 Å². The van der Waals surface area contributed by atoms with Crippen molar-refractivity contribution >= 4 is 35.3 Å². The second-order valence-electron chi connectivity index (χ2n) is 6.65. The molecule has 0 saturated heterocycles. The number of carbonyl (C=O) groups is 2. The van der Waals surface area contributed by atoms with Gasteiger partial charge in [0, 0.05) is 21.8 Å². The summed E-state index contributed by atoms with van der Waals surface area (Å²) in [6.45, 7) is 1.20. The van der Waals surface area contributed by atoms with Crippen LogP contribution in [-0.4, -0.2) is 30.1 Å². The van der Waals surface area contributed by atoms with Gasteiger partial charge in [-0.1, -0.05) is 12.1 Å². The first-order chi connectivity index (χ1) is 14.0. The second-order valence-corrected chi connectivity index (χ2v) is 8.67. The van der Waals surface area contributed by atoms with Gasteiger partial charge in [0.2, 0.25) is 0 Å². The van der Waals surface area contributed by atoms with E-state index in [-0.39, 0.29) is 35.2 Å². The number of rotatable bonds is 8. The molecule has 0 aliphatic carbocycles. The fourth-order valence-electron chi connectivity index (χ4n) is 2.46. The van der Waals surface area contributed by atoms with Gasteiger partial charge in [-0.05, 0) is 61.3 Å². The average molecular weight is 454 g/mol. The van der Waals surface area contributed by atoms with Gasteiger partial charge in [-0.2, -0.15) is 18.4 Å². The van der Waals surface area contributed by atoms with Crippen LogP contribution in [0.1, 0.15) is 34.1 Å². The molecule has 0 heterocycles. The van der Waals surface area contributed by atoms with Gasteiger partial charge in [-0.25, -0.2) is 4.79 Å². The third-order valence-corrected chi connectivity index (χ3v) is 5.56. The molecular weight excluding hydrogens is 435 g/mol. The highest BCUT2D eigenvalue weighted by Gasteiger charge is 2.31. The minimum absolute atomic E-state index is 0.0384. The van der Waals surface area contributed by atoms with Crippen molar-refractivity contribution in [3.05, 3.63) is 59.7 Å². The first kappa shape index (κ1) is 23.8. The molecular formula is C21H18F3NO3S2. The van der Waals surface area contributed by atoms with Gasteiger partial charge >= 0.3 is 11.5 Å². The van der Waals surface area contributed by atoms with E-state index in [1.807, 2.05) is 12.3 Å². The van der Waals surface area contributed by atoms with Crippen molar-refractivity contribution in [3.8, 4) is 6.07 Å². The molecule has 2 aromatic rings. The van der Waals surface area contributed by atoms with Crippen LogP contribution in [0.25, 0.3) is 0 Å². The van der Waals surface area contributed by atoms with E-state index in [2.05, 4.69) is 0 Å². The number of carbonyl (C=O) groups excluding carboxylic acids is 2. The lowest BCUT2D eigenvalue weighted by Gasteiger charge is -2.20. The normalized spacial score (nSPS) is 13.2. The molecule has 1 unspecified atom stereocenters. The molecule has 1 atom stereocenters. The van der Waals surface area contributed by atoms with E-state index < -0.39 is 22.7 Å². The summed E-state index contributed by atoms with van der Waals surface area (Å²) in [4.78, 5) is 25.6. The fourth-order valence-corrected chi connectivity index (χ4v) is 3.40. The number of ketones is 1. The molecule has 2 aromatic carbocycles. The smallest absolute Gasteiger partial charge is 0.446 e. The number of hydrogen-bond donors (Lipinski definition) is 0. The Morgan fingerprint density at radius 1 is 1.00 bits per heavy atom. The number of Topliss-reactive ketones (excluding diaryl/α,β-unsaturated/α-hetero) is 1. The molecule has 30 heavy (non-hydrogen) atoms. The fraction of sp³-hybridized carbons (Fsp3) is 0.286. The van der Waals surface area contributed by atoms with Crippen molar-refractivity contribution in [3.63, 3.8) is 0 Å². The number of hydrogen-bond acceptors (Lipinski definition) is 6. The van der Waals surface area contributed by atoms with Gasteiger partial charge in [-0.3, -0.25) is 4.79 Å². The number of nitriles is 1. The topological polar surface area (TPSA) is 67.2 Å². The summed E-state index contributed by atoms with van der Waals surface area (Å²) >= 11 is 1.26. The van der Waals surface area contributed by atoms with Crippen LogP contribution in [0, 0.1) is 16.7 Å². The Morgan fingerprint density at radius 2 is 1.53 bits per heavy atom. The summed E-state index contributed by atoms with van der Waals surface area (Å²) < 4.78 is 42.4. The van der Waals surface area contributed by atoms with E-state index in [0.29, 0.717) is 5.56 Å². The number of halogens is 3. The van der Waals surface area contributed by atoms with Crippen LogP contribution < -0.4 is 0 Å². The lowest BCUT2D eigenvalue weighted by atomic mass is 9.86. The Morgan fingerprint density at radius 3 is 2.03 bits per heavy atom. The Labute approximate surface area is 180 Å². The SMILES string of the molecule is CSc1ccc(C(=O)OCC(C)(C#N)CC(=O)c2ccc(SC(F)(F)F)cc2)cc1. The van der Waals surface area contributed by atoms with Crippen molar-refractivity contribution < 1.29 is 27.5 Å². The first-order valence-corrected chi connectivity index (χ1v) is 10.7. The van der Waals surface area contributed by atoms with Crippen LogP contribution in [0.2, 0.25) is 0 Å². The highest BCUT2D eigenvalue weighted by Crippen LogP contribution is 2.37. The zero-order valence-electron chi connectivity index (χ0n) is 16.2. The Hall–Kier alpha value is -2.44. The number of ether oxygens (including phenoxy) is 1. The molecule has 0 spiro atoms. The molecule has 158 valence electrons. The van der Waals surface area contributed by atoms with Crippen LogP contribution in [0.15, 0.2) is 58.3 Å². The maximum absolute atomic E-state index is 12.5. The van der Waals surface area contributed by atoms with E-state index in [1.165, 1.54) is 43.0 Å². The third-order valence-electron chi connectivity index (χ3n) is 4.08. The summed E-state index contributed by atoms with van der Waals surface area (Å²) in [6, 6.07) is 13.7. The Balaban J connectivity index is 1.99. The minimum Gasteiger partial charge on any atom is -0.460 e. The predicted molar refractivity (Wildman–Crippen MR) is 110 cm³/mol. The summed E-state index contributed by atoms with van der Waals surface area (Å²) in [5.41, 5.74) is -5.17. The third kappa shape index (κ3) is 7.11. The van der Waals surface area contributed by atoms with Gasteiger partial charge in [-0.15, -0.1) is 11.8 Å². The van der Waals surface area contributed by atoms with Crippen LogP contribution in [-0.2, 0) is 4.74 Å². The van der Waals surface area contributed by atoms with Crippen LogP contribution in [0.4, 0.5) is 13.2 Å². The van der Waals surface area contributed by atoms with E-state index >= 15 is 0 Å². The summed E-state index contributed by atoms with van der Waals surface area (Å²) in [5.74, 6) is -1.03. The molecule has 0 aliphatic heterocycles. The zero-order chi connectivity index (χ0) is 22.4. The summed E-state index contributed by atoms with van der Waals surface area (Å²) in [7, 11) is 0. The van der Waals surface area contributed by atoms with Crippen molar-refractivity contribution in [2.24, 2.45) is 5.41 Å². The molecule has 9 heteroatoms. The maximum Gasteiger partial charge on any atom is 0.446 e. The van der Waals surface area contributed by atoms with Crippen molar-refractivity contribution in [1.29, 1.82) is 5.26 Å². The van der Waals surface area contributed by atoms with Crippen molar-refractivity contribution in [1.82, 2.24) is 0 Å². The monoisotopic (exact) mass is 453 g/mol. The molecule has 4 nitrogen and oxygen atoms in total. The second kappa shape index (κ2) is 10.0. The predicted octanol–water partition coefficient (Wildman–Crippen LogP) is 5.98. The van der Waals surface area contributed by atoms with Gasteiger partial charge < -0.3 is 4.74 Å².